The molecular formula is C19H26N6O. The van der Waals surface area contributed by atoms with Crippen LogP contribution in [0.5, 0.6) is 5.75 Å². The second kappa shape index (κ2) is 7.35. The Kier molecular flexibility index (Phi) is 4.77. The van der Waals surface area contributed by atoms with Gasteiger partial charge < -0.3 is 19.9 Å². The molecule has 0 saturated heterocycles. The molecule has 0 radical (unpaired) electrons. The summed E-state index contributed by atoms with van der Waals surface area (Å²) in [5, 5.41) is 15.4. The molecule has 1 unspecified atom stereocenters. The average Bonchev–Trinajstić information content (AvgIpc) is 3.44. The summed E-state index contributed by atoms with van der Waals surface area (Å²) in [7, 11) is 1.97. The fraction of sp³-hybridized carbons (Fsp3) is 0.526. The standard InChI is InChI=1S/C19H26N6O/c1-13-23-24-18(25(13)2)12-21-19(20-11-14-7-8-14)22-16-9-10-26-17-6-4-3-5-15(16)17/h3-6,14,16H,7-12H2,1-2H3,(H2,20,21,22). The molecule has 7 nitrogen and oxygen atoms in total. The van der Waals surface area contributed by atoms with Crippen molar-refractivity contribution in [3.63, 3.8) is 0 Å². The summed E-state index contributed by atoms with van der Waals surface area (Å²) >= 11 is 0. The fourth-order valence-corrected chi connectivity index (χ4v) is 3.11. The molecular weight excluding hydrogens is 328 g/mol. The number of ether oxygens (including phenoxy) is 1. The number of hydrogen-bond acceptors (Lipinski definition) is 4. The highest BCUT2D eigenvalue weighted by molar-refractivity contribution is 5.80. The van der Waals surface area contributed by atoms with Gasteiger partial charge in [-0.1, -0.05) is 18.2 Å². The summed E-state index contributed by atoms with van der Waals surface area (Å²) < 4.78 is 7.75. The van der Waals surface area contributed by atoms with Gasteiger partial charge in [-0.25, -0.2) is 4.99 Å². The number of aromatic nitrogens is 3. The van der Waals surface area contributed by atoms with Crippen molar-refractivity contribution in [3.05, 3.63) is 41.5 Å². The maximum Gasteiger partial charge on any atom is 0.192 e. The molecule has 1 atom stereocenters. The molecule has 1 aliphatic carbocycles. The van der Waals surface area contributed by atoms with E-state index in [-0.39, 0.29) is 6.04 Å². The average molecular weight is 354 g/mol. The molecule has 2 aromatic rings. The van der Waals surface area contributed by atoms with E-state index in [4.69, 9.17) is 9.73 Å². The molecule has 1 aromatic carbocycles. The summed E-state index contributed by atoms with van der Waals surface area (Å²) in [6.07, 6.45) is 3.54. The van der Waals surface area contributed by atoms with Gasteiger partial charge in [-0.05, 0) is 31.7 Å². The van der Waals surface area contributed by atoms with E-state index in [0.717, 1.165) is 42.2 Å². The van der Waals surface area contributed by atoms with E-state index in [0.29, 0.717) is 13.2 Å². The summed E-state index contributed by atoms with van der Waals surface area (Å²) in [6.45, 7) is 4.13. The lowest BCUT2D eigenvalue weighted by atomic mass is 10.0. The van der Waals surface area contributed by atoms with Crippen molar-refractivity contribution in [1.29, 1.82) is 0 Å². The molecule has 7 heteroatoms. The van der Waals surface area contributed by atoms with Gasteiger partial charge in [0.25, 0.3) is 0 Å². The molecule has 1 aromatic heterocycles. The van der Waals surface area contributed by atoms with E-state index < -0.39 is 0 Å². The molecule has 1 saturated carbocycles. The number of nitrogens with one attached hydrogen (secondary N) is 2. The monoisotopic (exact) mass is 354 g/mol. The van der Waals surface area contributed by atoms with Crippen molar-refractivity contribution in [3.8, 4) is 5.75 Å². The van der Waals surface area contributed by atoms with E-state index in [1.165, 1.54) is 18.4 Å². The fourth-order valence-electron chi connectivity index (χ4n) is 3.11. The minimum Gasteiger partial charge on any atom is -0.493 e. The largest absolute Gasteiger partial charge is 0.493 e. The molecule has 138 valence electrons. The van der Waals surface area contributed by atoms with Gasteiger partial charge in [-0.15, -0.1) is 10.2 Å². The Morgan fingerprint density at radius 3 is 2.88 bits per heavy atom. The summed E-state index contributed by atoms with van der Waals surface area (Å²) in [6, 6.07) is 8.42. The van der Waals surface area contributed by atoms with Crippen LogP contribution in [0.2, 0.25) is 0 Å². The Balaban J connectivity index is 1.49. The summed E-state index contributed by atoms with van der Waals surface area (Å²) in [5.74, 6) is 4.33. The number of aryl methyl sites for hydroxylation is 1. The third-order valence-electron chi connectivity index (χ3n) is 5.09. The van der Waals surface area contributed by atoms with Crippen LogP contribution in [0.1, 0.15) is 42.5 Å². The van der Waals surface area contributed by atoms with Gasteiger partial charge in [0, 0.05) is 25.6 Å². The van der Waals surface area contributed by atoms with Crippen LogP contribution in [0.3, 0.4) is 0 Å². The highest BCUT2D eigenvalue weighted by atomic mass is 16.5. The van der Waals surface area contributed by atoms with Crippen molar-refractivity contribution in [2.24, 2.45) is 18.0 Å². The molecule has 26 heavy (non-hydrogen) atoms. The Morgan fingerprint density at radius 2 is 2.12 bits per heavy atom. The highest BCUT2D eigenvalue weighted by Gasteiger charge is 2.24. The molecule has 1 aliphatic heterocycles. The molecule has 2 N–H and O–H groups in total. The van der Waals surface area contributed by atoms with E-state index in [9.17, 15) is 0 Å². The van der Waals surface area contributed by atoms with Crippen molar-refractivity contribution >= 4 is 5.96 Å². The van der Waals surface area contributed by atoms with Gasteiger partial charge in [0.15, 0.2) is 11.8 Å². The summed E-state index contributed by atoms with van der Waals surface area (Å²) in [5.41, 5.74) is 1.19. The number of guanidine groups is 1. The number of aliphatic imine (C=N–C) groups is 1. The Morgan fingerprint density at radius 1 is 1.27 bits per heavy atom. The normalized spacial score (nSPS) is 19.6. The molecule has 1 fully saturated rings. The molecule has 0 spiro atoms. The number of fused-ring (bicyclic) bond motifs is 1. The van der Waals surface area contributed by atoms with Crippen LogP contribution in [-0.4, -0.2) is 33.9 Å². The van der Waals surface area contributed by atoms with Crippen LogP contribution < -0.4 is 15.4 Å². The smallest absolute Gasteiger partial charge is 0.192 e. The predicted molar refractivity (Wildman–Crippen MR) is 100 cm³/mol. The van der Waals surface area contributed by atoms with E-state index in [2.05, 4.69) is 33.0 Å². The lowest BCUT2D eigenvalue weighted by Crippen LogP contribution is -2.42. The van der Waals surface area contributed by atoms with Crippen molar-refractivity contribution < 1.29 is 4.74 Å². The quantitative estimate of drug-likeness (QED) is 0.635. The van der Waals surface area contributed by atoms with Gasteiger partial charge in [0.05, 0.1) is 12.6 Å². The Bertz CT molecular complexity index is 795. The number of para-hydroxylation sites is 1. The second-order valence-corrected chi connectivity index (χ2v) is 7.08. The number of nitrogens with zero attached hydrogens (tertiary/aromatic N) is 4. The Labute approximate surface area is 153 Å². The SMILES string of the molecule is Cc1nnc(CN=C(NCC2CC2)NC2CCOc3ccccc32)n1C. The number of benzene rings is 1. The van der Waals surface area contributed by atoms with Gasteiger partial charge in [-0.2, -0.15) is 0 Å². The minimum atomic E-state index is 0.201. The zero-order chi connectivity index (χ0) is 17.9. The first-order valence-electron chi connectivity index (χ1n) is 9.32. The lowest BCUT2D eigenvalue weighted by Gasteiger charge is -2.28. The Hall–Kier alpha value is -2.57. The highest BCUT2D eigenvalue weighted by Crippen LogP contribution is 2.31. The van der Waals surface area contributed by atoms with Crippen LogP contribution in [-0.2, 0) is 13.6 Å². The van der Waals surface area contributed by atoms with Crippen LogP contribution >= 0.6 is 0 Å². The van der Waals surface area contributed by atoms with Crippen molar-refractivity contribution in [1.82, 2.24) is 25.4 Å². The van der Waals surface area contributed by atoms with Gasteiger partial charge >= 0.3 is 0 Å². The van der Waals surface area contributed by atoms with E-state index >= 15 is 0 Å². The van der Waals surface area contributed by atoms with Crippen LogP contribution in [0.15, 0.2) is 29.3 Å². The maximum atomic E-state index is 5.77. The van der Waals surface area contributed by atoms with Gasteiger partial charge in [-0.3, -0.25) is 0 Å². The zero-order valence-electron chi connectivity index (χ0n) is 15.4. The van der Waals surface area contributed by atoms with Crippen molar-refractivity contribution in [2.45, 2.75) is 38.8 Å². The van der Waals surface area contributed by atoms with Crippen LogP contribution in [0, 0.1) is 12.8 Å². The number of hydrogen-bond donors (Lipinski definition) is 2. The lowest BCUT2D eigenvalue weighted by molar-refractivity contribution is 0.261. The van der Waals surface area contributed by atoms with Crippen LogP contribution in [0.25, 0.3) is 0 Å². The van der Waals surface area contributed by atoms with Gasteiger partial charge in [0.2, 0.25) is 0 Å². The molecule has 2 aliphatic rings. The van der Waals surface area contributed by atoms with Crippen LogP contribution in [0.4, 0.5) is 0 Å². The first-order valence-corrected chi connectivity index (χ1v) is 9.32. The first kappa shape index (κ1) is 16.9. The maximum absolute atomic E-state index is 5.77. The second-order valence-electron chi connectivity index (χ2n) is 7.08. The molecule has 0 amide bonds. The van der Waals surface area contributed by atoms with E-state index in [1.54, 1.807) is 0 Å². The molecule has 4 rings (SSSR count). The number of rotatable bonds is 5. The molecule has 2 heterocycles. The zero-order valence-corrected chi connectivity index (χ0v) is 15.4. The topological polar surface area (TPSA) is 76.4 Å². The predicted octanol–water partition coefficient (Wildman–Crippen LogP) is 2.09. The third-order valence-corrected chi connectivity index (χ3v) is 5.09. The first-order chi connectivity index (χ1) is 12.7. The van der Waals surface area contributed by atoms with Crippen molar-refractivity contribution in [2.75, 3.05) is 13.2 Å². The molecule has 0 bridgehead atoms. The van der Waals surface area contributed by atoms with E-state index in [1.807, 2.05) is 30.7 Å². The third kappa shape index (κ3) is 3.81. The minimum absolute atomic E-state index is 0.201. The van der Waals surface area contributed by atoms with Gasteiger partial charge in [0.1, 0.15) is 18.1 Å². The summed E-state index contributed by atoms with van der Waals surface area (Å²) in [4.78, 5) is 4.77.